The molecule has 1 saturated heterocycles. The Kier molecular flexibility index (Phi) is 3.94. The van der Waals surface area contributed by atoms with E-state index >= 15 is 0 Å². The van der Waals surface area contributed by atoms with E-state index in [1.165, 1.54) is 0 Å². The zero-order valence-corrected chi connectivity index (χ0v) is 13.7. The van der Waals surface area contributed by atoms with Crippen LogP contribution < -0.4 is 4.13 Å². The fourth-order valence-electron chi connectivity index (χ4n) is 3.98. The lowest BCUT2D eigenvalue weighted by Crippen LogP contribution is -2.43. The van der Waals surface area contributed by atoms with Crippen molar-refractivity contribution in [2.75, 3.05) is 6.61 Å². The summed E-state index contributed by atoms with van der Waals surface area (Å²) in [5, 5.41) is 0. The fourth-order valence-corrected chi connectivity index (χ4v) is 6.15. The predicted molar refractivity (Wildman–Crippen MR) is 70.7 cm³/mol. The minimum absolute atomic E-state index is 0.0478. The molecule has 1 heterocycles. The highest BCUT2D eigenvalue weighted by molar-refractivity contribution is 8.03. The van der Waals surface area contributed by atoms with E-state index in [1.807, 2.05) is 0 Å². The summed E-state index contributed by atoms with van der Waals surface area (Å²) in [4.78, 5) is 11.3. The number of esters is 1. The predicted octanol–water partition coefficient (Wildman–Crippen LogP) is 0.419. The summed E-state index contributed by atoms with van der Waals surface area (Å²) < 4.78 is 91.9. The Bertz CT molecular complexity index is 763. The van der Waals surface area contributed by atoms with Crippen LogP contribution in [0.3, 0.4) is 0 Å². The molecule has 8 nitrogen and oxygen atoms in total. The first kappa shape index (κ1) is 17.9. The quantitative estimate of drug-likeness (QED) is 0.688. The molecule has 0 aromatic rings. The van der Waals surface area contributed by atoms with Crippen LogP contribution in [0.5, 0.6) is 0 Å². The maximum atomic E-state index is 12.2. The highest BCUT2D eigenvalue weighted by atomic mass is 32.3. The van der Waals surface area contributed by atoms with E-state index < -0.39 is 31.9 Å². The van der Waals surface area contributed by atoms with E-state index in [0.29, 0.717) is 17.0 Å². The SMILES string of the molecule is O=C1CC2(CO1)CC1CC2CC1OS(=O)(=O)NS(=O)(=O)C(F)(F)F. The van der Waals surface area contributed by atoms with Gasteiger partial charge in [0.25, 0.3) is 0 Å². The lowest BCUT2D eigenvalue weighted by Gasteiger charge is -2.33. The highest BCUT2D eigenvalue weighted by Gasteiger charge is 2.60. The van der Waals surface area contributed by atoms with Crippen LogP contribution in [0.4, 0.5) is 13.2 Å². The molecule has 24 heavy (non-hydrogen) atoms. The van der Waals surface area contributed by atoms with Crippen molar-refractivity contribution in [1.82, 2.24) is 4.13 Å². The van der Waals surface area contributed by atoms with Crippen LogP contribution in [0, 0.1) is 17.3 Å². The van der Waals surface area contributed by atoms with E-state index in [1.54, 1.807) is 0 Å². The van der Waals surface area contributed by atoms with Crippen molar-refractivity contribution in [1.29, 1.82) is 0 Å². The van der Waals surface area contributed by atoms with Gasteiger partial charge >= 0.3 is 31.8 Å². The Morgan fingerprint density at radius 2 is 1.88 bits per heavy atom. The van der Waals surface area contributed by atoms with Gasteiger partial charge in [-0.1, -0.05) is 4.13 Å². The van der Waals surface area contributed by atoms with E-state index in [2.05, 4.69) is 4.18 Å². The second-order valence-electron chi connectivity index (χ2n) is 6.45. The van der Waals surface area contributed by atoms with Crippen LogP contribution in [-0.2, 0) is 34.0 Å². The number of sulfonamides is 1. The van der Waals surface area contributed by atoms with Gasteiger partial charge in [-0.3, -0.25) is 8.98 Å². The maximum Gasteiger partial charge on any atom is 0.512 e. The Morgan fingerprint density at radius 1 is 1.21 bits per heavy atom. The molecule has 4 unspecified atom stereocenters. The Morgan fingerprint density at radius 3 is 2.33 bits per heavy atom. The molecule has 2 bridgehead atoms. The highest BCUT2D eigenvalue weighted by Crippen LogP contribution is 2.60. The summed E-state index contributed by atoms with van der Waals surface area (Å²) in [6.07, 6.45) is 0.540. The second kappa shape index (κ2) is 5.29. The molecule has 1 aliphatic heterocycles. The van der Waals surface area contributed by atoms with Crippen molar-refractivity contribution < 1.29 is 43.7 Å². The van der Waals surface area contributed by atoms with Crippen molar-refractivity contribution in [3.63, 3.8) is 0 Å². The molecule has 0 aromatic heterocycles. The number of nitrogens with one attached hydrogen (secondary N) is 1. The molecule has 0 radical (unpaired) electrons. The number of fused-ring (bicyclic) bond motifs is 3. The molecule has 0 aromatic carbocycles. The molecular formula is C11H14F3NO7S2. The van der Waals surface area contributed by atoms with Crippen LogP contribution in [0.15, 0.2) is 0 Å². The number of hydrogen-bond acceptors (Lipinski definition) is 7. The lowest BCUT2D eigenvalue weighted by molar-refractivity contribution is -0.137. The lowest BCUT2D eigenvalue weighted by atomic mass is 9.72. The van der Waals surface area contributed by atoms with Gasteiger partial charge < -0.3 is 4.74 Å². The van der Waals surface area contributed by atoms with Crippen LogP contribution in [0.2, 0.25) is 0 Å². The molecule has 1 N–H and O–H groups in total. The number of alkyl halides is 3. The normalized spacial score (nSPS) is 36.5. The van der Waals surface area contributed by atoms with Crippen molar-refractivity contribution in [2.24, 2.45) is 17.3 Å². The summed E-state index contributed by atoms with van der Waals surface area (Å²) in [5.41, 5.74) is -6.12. The number of ether oxygens (including phenoxy) is 1. The van der Waals surface area contributed by atoms with E-state index in [4.69, 9.17) is 4.74 Å². The van der Waals surface area contributed by atoms with Gasteiger partial charge in [-0.2, -0.15) is 21.6 Å². The summed E-state index contributed by atoms with van der Waals surface area (Å²) in [6.45, 7) is 0.243. The van der Waals surface area contributed by atoms with Crippen molar-refractivity contribution in [2.45, 2.75) is 37.3 Å². The molecular weight excluding hydrogens is 379 g/mol. The number of rotatable bonds is 4. The standard InChI is InChI=1S/C11H14F3NO7S2/c12-11(13,14)23(17,18)15-24(19,20)22-8-2-7-1-6(8)3-10(7)4-9(16)21-5-10/h6-8,15H,1-5H2. The van der Waals surface area contributed by atoms with E-state index in [0.717, 1.165) is 0 Å². The van der Waals surface area contributed by atoms with Gasteiger partial charge in [0.05, 0.1) is 19.1 Å². The second-order valence-corrected chi connectivity index (χ2v) is 9.69. The zero-order valence-electron chi connectivity index (χ0n) is 12.1. The van der Waals surface area contributed by atoms with Gasteiger partial charge in [-0.25, -0.2) is 8.42 Å². The van der Waals surface area contributed by atoms with Crippen molar-refractivity contribution >= 4 is 26.3 Å². The average Bonchev–Trinajstić information content (AvgIpc) is 3.01. The molecule has 3 rings (SSSR count). The third-order valence-electron chi connectivity index (χ3n) is 4.95. The number of carbonyl (C=O) groups is 1. The van der Waals surface area contributed by atoms with Crippen molar-refractivity contribution in [3.05, 3.63) is 0 Å². The van der Waals surface area contributed by atoms with Crippen LogP contribution in [0.25, 0.3) is 0 Å². The Hall–Kier alpha value is -0.920. The van der Waals surface area contributed by atoms with Crippen molar-refractivity contribution in [3.8, 4) is 0 Å². The zero-order chi connectivity index (χ0) is 18.0. The number of halogens is 3. The molecule has 3 aliphatic rings. The van der Waals surface area contributed by atoms with Crippen LogP contribution >= 0.6 is 0 Å². The summed E-state index contributed by atoms with van der Waals surface area (Å²) in [6, 6.07) is 0. The number of cyclic esters (lactones) is 1. The summed E-state index contributed by atoms with van der Waals surface area (Å²) in [7, 11) is -11.2. The van der Waals surface area contributed by atoms with Gasteiger partial charge in [0.15, 0.2) is 0 Å². The minimum atomic E-state index is -6.07. The largest absolute Gasteiger partial charge is 0.512 e. The topological polar surface area (TPSA) is 116 Å². The summed E-state index contributed by atoms with van der Waals surface area (Å²) in [5.74, 6) is -0.659. The van der Waals surface area contributed by atoms with Gasteiger partial charge in [0.1, 0.15) is 0 Å². The molecule has 2 aliphatic carbocycles. The first-order valence-electron chi connectivity index (χ1n) is 7.02. The first-order valence-corrected chi connectivity index (χ1v) is 9.91. The third kappa shape index (κ3) is 3.02. The number of carbonyl (C=O) groups excluding carboxylic acids is 1. The monoisotopic (exact) mass is 393 g/mol. The van der Waals surface area contributed by atoms with Gasteiger partial charge in [0.2, 0.25) is 0 Å². The number of hydrogen-bond donors (Lipinski definition) is 1. The Balaban J connectivity index is 1.66. The fraction of sp³-hybridized carbons (Fsp3) is 0.909. The first-order chi connectivity index (χ1) is 10.8. The molecule has 3 fully saturated rings. The maximum absolute atomic E-state index is 12.2. The average molecular weight is 393 g/mol. The van der Waals surface area contributed by atoms with Gasteiger partial charge in [0, 0.05) is 5.41 Å². The van der Waals surface area contributed by atoms with E-state index in [-0.39, 0.29) is 42.7 Å². The molecule has 138 valence electrons. The molecule has 4 atom stereocenters. The van der Waals surface area contributed by atoms with Crippen LogP contribution in [0.1, 0.15) is 25.7 Å². The molecule has 2 saturated carbocycles. The van der Waals surface area contributed by atoms with E-state index in [9.17, 15) is 34.8 Å². The molecule has 1 spiro atoms. The van der Waals surface area contributed by atoms with Crippen LogP contribution in [-0.4, -0.2) is 41.0 Å². The minimum Gasteiger partial charge on any atom is -0.465 e. The smallest absolute Gasteiger partial charge is 0.465 e. The summed E-state index contributed by atoms with van der Waals surface area (Å²) >= 11 is 0. The van der Waals surface area contributed by atoms with Gasteiger partial charge in [-0.15, -0.1) is 0 Å². The third-order valence-corrected chi connectivity index (χ3v) is 7.75. The Labute approximate surface area is 136 Å². The molecule has 0 amide bonds. The molecule has 13 heteroatoms. The van der Waals surface area contributed by atoms with Gasteiger partial charge in [-0.05, 0) is 31.1 Å².